The van der Waals surface area contributed by atoms with E-state index >= 15 is 0 Å². The van der Waals surface area contributed by atoms with E-state index in [1.165, 1.54) is 31.6 Å². The van der Waals surface area contributed by atoms with Gasteiger partial charge in [-0.2, -0.15) is 0 Å². The highest BCUT2D eigenvalue weighted by Crippen LogP contribution is 2.21. The molecule has 0 N–H and O–H groups in total. The highest BCUT2D eigenvalue weighted by atomic mass is 35.5. The third-order valence-corrected chi connectivity index (χ3v) is 2.48. The van der Waals surface area contributed by atoms with E-state index in [4.69, 9.17) is 16.3 Å². The van der Waals surface area contributed by atoms with Gasteiger partial charge in [0, 0.05) is 17.4 Å². The minimum atomic E-state index is -0.669. The maximum absolute atomic E-state index is 13.6. The number of aromatic nitrogens is 2. The van der Waals surface area contributed by atoms with Crippen LogP contribution in [0.25, 0.3) is 0 Å². The van der Waals surface area contributed by atoms with Crippen LogP contribution in [0.1, 0.15) is 16.1 Å². The molecule has 0 amide bonds. The summed E-state index contributed by atoms with van der Waals surface area (Å²) < 4.78 is 18.5. The third kappa shape index (κ3) is 2.31. The summed E-state index contributed by atoms with van der Waals surface area (Å²) >= 11 is 5.74. The van der Waals surface area contributed by atoms with E-state index in [9.17, 15) is 9.18 Å². The van der Waals surface area contributed by atoms with Gasteiger partial charge in [-0.15, -0.1) is 0 Å². The molecule has 0 atom stereocenters. The minimum Gasteiger partial charge on any atom is -0.479 e. The molecular formula is C12H8ClFN2O2. The number of carbonyl (C=O) groups excluding carboxylic acids is 1. The summed E-state index contributed by atoms with van der Waals surface area (Å²) in [6.45, 7) is 0. The SMILES string of the molecule is COc1nccnc1C(=O)c1cc(Cl)ccc1F. The molecule has 4 nitrogen and oxygen atoms in total. The second kappa shape index (κ2) is 5.10. The summed E-state index contributed by atoms with van der Waals surface area (Å²) in [7, 11) is 1.36. The highest BCUT2D eigenvalue weighted by molar-refractivity contribution is 6.31. The molecule has 92 valence electrons. The molecule has 0 aliphatic rings. The first kappa shape index (κ1) is 12.4. The van der Waals surface area contributed by atoms with Gasteiger partial charge in [0.2, 0.25) is 11.7 Å². The Morgan fingerprint density at radius 2 is 2.06 bits per heavy atom. The summed E-state index contributed by atoms with van der Waals surface area (Å²) in [5.74, 6) is -1.25. The van der Waals surface area contributed by atoms with Crippen LogP contribution in [0, 0.1) is 5.82 Å². The zero-order valence-electron chi connectivity index (χ0n) is 9.35. The number of hydrogen-bond donors (Lipinski definition) is 0. The van der Waals surface area contributed by atoms with Crippen LogP contribution < -0.4 is 4.74 Å². The number of hydrogen-bond acceptors (Lipinski definition) is 4. The van der Waals surface area contributed by atoms with Crippen LogP contribution in [0.3, 0.4) is 0 Å². The lowest BCUT2D eigenvalue weighted by Crippen LogP contribution is -2.09. The molecule has 0 saturated heterocycles. The first-order valence-corrected chi connectivity index (χ1v) is 5.36. The molecule has 1 aromatic heterocycles. The lowest BCUT2D eigenvalue weighted by Gasteiger charge is -2.06. The van der Waals surface area contributed by atoms with Crippen molar-refractivity contribution in [3.05, 3.63) is 52.7 Å². The maximum atomic E-state index is 13.6. The van der Waals surface area contributed by atoms with Crippen LogP contribution in [-0.4, -0.2) is 22.9 Å². The molecule has 0 radical (unpaired) electrons. The van der Waals surface area contributed by atoms with Crippen LogP contribution in [0.15, 0.2) is 30.6 Å². The normalized spacial score (nSPS) is 10.2. The summed E-state index contributed by atoms with van der Waals surface area (Å²) in [6, 6.07) is 3.73. The summed E-state index contributed by atoms with van der Waals surface area (Å²) in [6.07, 6.45) is 2.71. The average molecular weight is 267 g/mol. The molecule has 0 bridgehead atoms. The van der Waals surface area contributed by atoms with Gasteiger partial charge in [0.1, 0.15) is 5.82 Å². The minimum absolute atomic E-state index is 0.0434. The number of benzene rings is 1. The fourth-order valence-corrected chi connectivity index (χ4v) is 1.60. The van der Waals surface area contributed by atoms with E-state index in [1.807, 2.05) is 0 Å². The Bertz CT molecular complexity index is 604. The average Bonchev–Trinajstić information content (AvgIpc) is 2.40. The van der Waals surface area contributed by atoms with Crippen molar-refractivity contribution < 1.29 is 13.9 Å². The van der Waals surface area contributed by atoms with Gasteiger partial charge >= 0.3 is 0 Å². The molecule has 0 spiro atoms. The molecule has 6 heteroatoms. The van der Waals surface area contributed by atoms with Crippen LogP contribution in [0.5, 0.6) is 5.88 Å². The zero-order chi connectivity index (χ0) is 13.1. The monoisotopic (exact) mass is 266 g/mol. The van der Waals surface area contributed by atoms with E-state index < -0.39 is 11.6 Å². The van der Waals surface area contributed by atoms with Crippen molar-refractivity contribution in [1.29, 1.82) is 0 Å². The van der Waals surface area contributed by atoms with Crippen LogP contribution >= 0.6 is 11.6 Å². The van der Waals surface area contributed by atoms with Crippen molar-refractivity contribution in [2.24, 2.45) is 0 Å². The summed E-state index contributed by atoms with van der Waals surface area (Å²) in [5.41, 5.74) is -0.220. The maximum Gasteiger partial charge on any atom is 0.243 e. The number of ketones is 1. The van der Waals surface area contributed by atoms with Gasteiger partial charge in [0.25, 0.3) is 0 Å². The molecule has 1 heterocycles. The molecule has 18 heavy (non-hydrogen) atoms. The first-order chi connectivity index (χ1) is 8.63. The quantitative estimate of drug-likeness (QED) is 0.801. The van der Waals surface area contributed by atoms with E-state index in [0.29, 0.717) is 0 Å². The Hall–Kier alpha value is -2.01. The molecular weight excluding hydrogens is 259 g/mol. The molecule has 2 aromatic rings. The largest absolute Gasteiger partial charge is 0.479 e. The number of rotatable bonds is 3. The highest BCUT2D eigenvalue weighted by Gasteiger charge is 2.20. The molecule has 0 aliphatic heterocycles. The predicted octanol–water partition coefficient (Wildman–Crippen LogP) is 2.51. The summed E-state index contributed by atoms with van der Waals surface area (Å²) in [4.78, 5) is 19.8. The van der Waals surface area contributed by atoms with Crippen molar-refractivity contribution in [2.45, 2.75) is 0 Å². The number of methoxy groups -OCH3 is 1. The molecule has 0 unspecified atom stereocenters. The smallest absolute Gasteiger partial charge is 0.243 e. The number of carbonyl (C=O) groups is 1. The van der Waals surface area contributed by atoms with Gasteiger partial charge in [0.05, 0.1) is 12.7 Å². The van der Waals surface area contributed by atoms with E-state index in [1.54, 1.807) is 0 Å². The number of halogens is 2. The lowest BCUT2D eigenvalue weighted by molar-refractivity contribution is 0.102. The number of nitrogens with zero attached hydrogens (tertiary/aromatic N) is 2. The predicted molar refractivity (Wildman–Crippen MR) is 63.4 cm³/mol. The van der Waals surface area contributed by atoms with Crippen LogP contribution in [0.2, 0.25) is 5.02 Å². The standard InChI is InChI=1S/C12H8ClFN2O2/c1-18-12-10(15-4-5-16-12)11(17)8-6-7(13)2-3-9(8)14/h2-6H,1H3. The fraction of sp³-hybridized carbons (Fsp3) is 0.0833. The lowest BCUT2D eigenvalue weighted by atomic mass is 10.1. The van der Waals surface area contributed by atoms with E-state index in [2.05, 4.69) is 9.97 Å². The van der Waals surface area contributed by atoms with Crippen molar-refractivity contribution >= 4 is 17.4 Å². The Kier molecular flexibility index (Phi) is 3.53. The summed E-state index contributed by atoms with van der Waals surface area (Å²) in [5, 5.41) is 0.266. The molecule has 0 saturated carbocycles. The Labute approximate surface area is 107 Å². The van der Waals surface area contributed by atoms with E-state index in [0.717, 1.165) is 6.07 Å². The molecule has 0 fully saturated rings. The molecule has 0 aliphatic carbocycles. The third-order valence-electron chi connectivity index (χ3n) is 2.25. The van der Waals surface area contributed by atoms with Gasteiger partial charge in [0.15, 0.2) is 5.69 Å². The molecule has 2 rings (SSSR count). The van der Waals surface area contributed by atoms with Crippen molar-refractivity contribution in [1.82, 2.24) is 9.97 Å². The topological polar surface area (TPSA) is 52.1 Å². The van der Waals surface area contributed by atoms with Gasteiger partial charge in [-0.25, -0.2) is 14.4 Å². The van der Waals surface area contributed by atoms with Crippen molar-refractivity contribution in [3.63, 3.8) is 0 Å². The first-order valence-electron chi connectivity index (χ1n) is 4.98. The molecule has 1 aromatic carbocycles. The fourth-order valence-electron chi connectivity index (χ4n) is 1.43. The second-order valence-electron chi connectivity index (χ2n) is 3.37. The van der Waals surface area contributed by atoms with Crippen LogP contribution in [0.4, 0.5) is 4.39 Å². The van der Waals surface area contributed by atoms with Gasteiger partial charge in [-0.05, 0) is 18.2 Å². The Morgan fingerprint density at radius 3 is 2.78 bits per heavy atom. The van der Waals surface area contributed by atoms with Crippen molar-refractivity contribution in [2.75, 3.05) is 7.11 Å². The van der Waals surface area contributed by atoms with Gasteiger partial charge in [-0.3, -0.25) is 4.79 Å². The zero-order valence-corrected chi connectivity index (χ0v) is 10.1. The Morgan fingerprint density at radius 1 is 1.33 bits per heavy atom. The van der Waals surface area contributed by atoms with Crippen LogP contribution in [-0.2, 0) is 0 Å². The number of ether oxygens (including phenoxy) is 1. The van der Waals surface area contributed by atoms with Gasteiger partial charge < -0.3 is 4.74 Å². The second-order valence-corrected chi connectivity index (χ2v) is 3.80. The van der Waals surface area contributed by atoms with E-state index in [-0.39, 0.29) is 22.2 Å². The Balaban J connectivity index is 2.51. The van der Waals surface area contributed by atoms with Gasteiger partial charge in [-0.1, -0.05) is 11.6 Å². The van der Waals surface area contributed by atoms with Crippen molar-refractivity contribution in [3.8, 4) is 5.88 Å².